The van der Waals surface area contributed by atoms with Gasteiger partial charge in [0, 0.05) is 69.5 Å². The molecular weight excluding hydrogens is 544 g/mol. The van der Waals surface area contributed by atoms with Gasteiger partial charge in [0.2, 0.25) is 5.95 Å². The van der Waals surface area contributed by atoms with Crippen LogP contribution in [0.4, 0.5) is 32.7 Å². The molecule has 11 heteroatoms. The Labute approximate surface area is 253 Å². The first-order valence-electron chi connectivity index (χ1n) is 14.8. The Morgan fingerprint density at radius 2 is 1.67 bits per heavy atom. The number of amides is 3. The number of carbonyl (C=O) groups excluding carboxylic acids is 2. The Morgan fingerprint density at radius 3 is 2.40 bits per heavy atom. The van der Waals surface area contributed by atoms with E-state index in [1.807, 2.05) is 57.2 Å². The smallest absolute Gasteiger partial charge is 0.410 e. The highest BCUT2D eigenvalue weighted by Gasteiger charge is 2.40. The zero-order chi connectivity index (χ0) is 30.3. The number of nitrogens with one attached hydrogen (secondary N) is 1. The molecule has 3 amide bonds. The molecule has 43 heavy (non-hydrogen) atoms. The zero-order valence-corrected chi connectivity index (χ0v) is 25.6. The minimum Gasteiger partial charge on any atom is -0.444 e. The monoisotopic (exact) mass is 584 g/mol. The van der Waals surface area contributed by atoms with E-state index in [0.717, 1.165) is 48.6 Å². The molecule has 3 aliphatic heterocycles. The highest BCUT2D eigenvalue weighted by atomic mass is 16.6. The van der Waals surface area contributed by atoms with Crippen molar-refractivity contribution < 1.29 is 14.3 Å². The highest BCUT2D eigenvalue weighted by molar-refractivity contribution is 5.93. The van der Waals surface area contributed by atoms with Gasteiger partial charge in [-0.1, -0.05) is 24.3 Å². The van der Waals surface area contributed by atoms with Gasteiger partial charge in [-0.2, -0.15) is 4.98 Å². The second-order valence-electron chi connectivity index (χ2n) is 12.5. The lowest BCUT2D eigenvalue weighted by Gasteiger charge is -2.44. The van der Waals surface area contributed by atoms with Gasteiger partial charge in [0.15, 0.2) is 0 Å². The third-order valence-corrected chi connectivity index (χ3v) is 8.22. The summed E-state index contributed by atoms with van der Waals surface area (Å²) < 4.78 is 5.68. The molecule has 1 unspecified atom stereocenters. The molecular formula is C32H40N8O3. The molecule has 2 aromatic carbocycles. The maximum Gasteiger partial charge on any atom is 0.410 e. The molecule has 1 saturated heterocycles. The lowest BCUT2D eigenvalue weighted by atomic mass is 9.93. The molecule has 3 aromatic rings. The van der Waals surface area contributed by atoms with Crippen LogP contribution in [0.25, 0.3) is 0 Å². The van der Waals surface area contributed by atoms with Crippen LogP contribution in [0.15, 0.2) is 54.7 Å². The third-order valence-electron chi connectivity index (χ3n) is 8.22. The van der Waals surface area contributed by atoms with Crippen LogP contribution >= 0.6 is 0 Å². The van der Waals surface area contributed by atoms with E-state index >= 15 is 0 Å². The maximum absolute atomic E-state index is 13.8. The summed E-state index contributed by atoms with van der Waals surface area (Å²) >= 11 is 0. The van der Waals surface area contributed by atoms with Crippen LogP contribution in [0.2, 0.25) is 0 Å². The molecule has 11 nitrogen and oxygen atoms in total. The fourth-order valence-corrected chi connectivity index (χ4v) is 5.90. The Morgan fingerprint density at radius 1 is 0.953 bits per heavy atom. The number of carbonyl (C=O) groups is 2. The molecule has 4 heterocycles. The SMILES string of the molecule is CN1CCN(c2ccc(Nc3ncc4c(n3)N(C)C(=O)N(C3CN(C(=O)OC(C)(C)C)Cc5ccccc53)C4)cc2)CC1. The molecule has 0 radical (unpaired) electrons. The second kappa shape index (κ2) is 11.4. The van der Waals surface area contributed by atoms with E-state index in [9.17, 15) is 9.59 Å². The summed E-state index contributed by atoms with van der Waals surface area (Å²) in [5, 5.41) is 3.29. The molecule has 0 aliphatic carbocycles. The molecule has 226 valence electrons. The summed E-state index contributed by atoms with van der Waals surface area (Å²) in [6.45, 7) is 10.8. The van der Waals surface area contributed by atoms with E-state index in [1.165, 1.54) is 5.69 Å². The normalized spacial score (nSPS) is 19.2. The van der Waals surface area contributed by atoms with Crippen LogP contribution in [0.3, 0.4) is 0 Å². The number of piperazine rings is 1. The molecule has 0 saturated carbocycles. The number of benzene rings is 2. The van der Waals surface area contributed by atoms with Crippen molar-refractivity contribution in [2.24, 2.45) is 0 Å². The van der Waals surface area contributed by atoms with Gasteiger partial charge < -0.3 is 29.7 Å². The van der Waals surface area contributed by atoms with E-state index in [0.29, 0.717) is 31.4 Å². The van der Waals surface area contributed by atoms with Gasteiger partial charge >= 0.3 is 12.1 Å². The summed E-state index contributed by atoms with van der Waals surface area (Å²) in [7, 11) is 3.88. The first-order chi connectivity index (χ1) is 20.6. The number of fused-ring (bicyclic) bond motifs is 2. The number of nitrogens with zero attached hydrogens (tertiary/aromatic N) is 7. The van der Waals surface area contributed by atoms with E-state index in [1.54, 1.807) is 27.9 Å². The first-order valence-corrected chi connectivity index (χ1v) is 14.8. The summed E-state index contributed by atoms with van der Waals surface area (Å²) in [5.41, 5.74) is 4.34. The Balaban J connectivity index is 1.19. The topological polar surface area (TPSA) is 97.4 Å². The first kappa shape index (κ1) is 28.7. The van der Waals surface area contributed by atoms with Crippen molar-refractivity contribution in [3.8, 4) is 0 Å². The Bertz CT molecular complexity index is 1500. The van der Waals surface area contributed by atoms with Crippen molar-refractivity contribution in [1.82, 2.24) is 24.7 Å². The minimum absolute atomic E-state index is 0.181. The molecule has 0 bridgehead atoms. The highest BCUT2D eigenvalue weighted by Crippen LogP contribution is 2.37. The van der Waals surface area contributed by atoms with Crippen LogP contribution in [-0.2, 0) is 17.8 Å². The average Bonchev–Trinajstić information content (AvgIpc) is 2.99. The Hall–Kier alpha value is -4.38. The summed E-state index contributed by atoms with van der Waals surface area (Å²) in [6, 6.07) is 15.7. The van der Waals surface area contributed by atoms with Crippen LogP contribution in [0.1, 0.15) is 43.5 Å². The lowest BCUT2D eigenvalue weighted by Crippen LogP contribution is -2.52. The Kier molecular flexibility index (Phi) is 7.59. The molecule has 1 N–H and O–H groups in total. The van der Waals surface area contributed by atoms with Crippen molar-refractivity contribution in [2.45, 2.75) is 45.5 Å². The second-order valence-corrected chi connectivity index (χ2v) is 12.5. The van der Waals surface area contributed by atoms with E-state index in [-0.39, 0.29) is 18.2 Å². The molecule has 1 atom stereocenters. The van der Waals surface area contributed by atoms with Crippen molar-refractivity contribution in [1.29, 1.82) is 0 Å². The molecule has 1 fully saturated rings. The predicted octanol–water partition coefficient (Wildman–Crippen LogP) is 4.84. The maximum atomic E-state index is 13.8. The number of urea groups is 1. The summed E-state index contributed by atoms with van der Waals surface area (Å²) in [6.07, 6.45) is 1.39. The number of hydrogen-bond donors (Lipinski definition) is 1. The minimum atomic E-state index is -0.612. The number of hydrogen-bond acceptors (Lipinski definition) is 8. The third kappa shape index (κ3) is 6.08. The van der Waals surface area contributed by atoms with Gasteiger partial charge in [0.1, 0.15) is 11.4 Å². The van der Waals surface area contributed by atoms with Crippen molar-refractivity contribution in [3.63, 3.8) is 0 Å². The molecule has 3 aliphatic rings. The van der Waals surface area contributed by atoms with E-state index < -0.39 is 5.60 Å². The standard InChI is InChI=1S/C32H40N8O3/c1-32(2,3)43-31(42)39-19-22-8-6-7-9-26(22)27(21-39)40-20-23-18-33-29(35-28(23)37(5)30(40)41)34-24-10-12-25(13-11-24)38-16-14-36(4)15-17-38/h6-13,18,27H,14-17,19-21H2,1-5H3,(H,33,34,35). The van der Waals surface area contributed by atoms with Crippen molar-refractivity contribution >= 4 is 35.3 Å². The molecule has 1 aromatic heterocycles. The van der Waals surface area contributed by atoms with Gasteiger partial charge in [0.05, 0.1) is 12.6 Å². The fourth-order valence-electron chi connectivity index (χ4n) is 5.90. The van der Waals surface area contributed by atoms with E-state index in [4.69, 9.17) is 9.72 Å². The molecule has 0 spiro atoms. The summed E-state index contributed by atoms with van der Waals surface area (Å²) in [5.74, 6) is 0.999. The quantitative estimate of drug-likeness (QED) is 0.466. The number of rotatable bonds is 4. The zero-order valence-electron chi connectivity index (χ0n) is 25.6. The lowest BCUT2D eigenvalue weighted by molar-refractivity contribution is 0.0151. The van der Waals surface area contributed by atoms with Gasteiger partial charge in [-0.25, -0.2) is 14.6 Å². The number of aromatic nitrogens is 2. The van der Waals surface area contributed by atoms with Crippen LogP contribution in [-0.4, -0.2) is 89.2 Å². The predicted molar refractivity (Wildman–Crippen MR) is 167 cm³/mol. The number of ether oxygens (including phenoxy) is 1. The van der Waals surface area contributed by atoms with Gasteiger partial charge in [-0.05, 0) is 63.2 Å². The van der Waals surface area contributed by atoms with Crippen molar-refractivity contribution in [2.75, 3.05) is 61.9 Å². The van der Waals surface area contributed by atoms with Gasteiger partial charge in [0.25, 0.3) is 0 Å². The fraction of sp³-hybridized carbons (Fsp3) is 0.438. The largest absolute Gasteiger partial charge is 0.444 e. The van der Waals surface area contributed by atoms with Crippen LogP contribution < -0.4 is 15.1 Å². The van der Waals surface area contributed by atoms with Gasteiger partial charge in [-0.3, -0.25) is 4.90 Å². The van der Waals surface area contributed by atoms with Crippen molar-refractivity contribution in [3.05, 3.63) is 71.4 Å². The number of anilines is 4. The number of likely N-dealkylation sites (N-methyl/N-ethyl adjacent to an activating group) is 1. The van der Waals surface area contributed by atoms with Crippen LogP contribution in [0.5, 0.6) is 0 Å². The summed E-state index contributed by atoms with van der Waals surface area (Å²) in [4.78, 5) is 45.9. The van der Waals surface area contributed by atoms with Crippen LogP contribution in [0, 0.1) is 0 Å². The average molecular weight is 585 g/mol. The molecule has 6 rings (SSSR count). The van der Waals surface area contributed by atoms with E-state index in [2.05, 4.69) is 39.3 Å². The van der Waals surface area contributed by atoms with Gasteiger partial charge in [-0.15, -0.1) is 0 Å².